The summed E-state index contributed by atoms with van der Waals surface area (Å²) in [6, 6.07) is 12.4. The summed E-state index contributed by atoms with van der Waals surface area (Å²) in [7, 11) is 0. The van der Waals surface area contributed by atoms with Gasteiger partial charge in [-0.05, 0) is 48.2 Å². The molecule has 96 valence electrons. The van der Waals surface area contributed by atoms with Gasteiger partial charge in [-0.25, -0.2) is 4.39 Å². The molecule has 1 heterocycles. The number of phenolic OH excluding ortho intramolecular Hbond substituents is 1. The fraction of sp³-hybridized carbons (Fsp3) is 0.125. The van der Waals surface area contributed by atoms with Crippen molar-refractivity contribution in [3.63, 3.8) is 0 Å². The zero-order chi connectivity index (χ0) is 13.2. The Kier molecular flexibility index (Phi) is 2.95. The molecular weight excluding hydrogens is 241 g/mol. The Morgan fingerprint density at radius 2 is 1.89 bits per heavy atom. The van der Waals surface area contributed by atoms with Gasteiger partial charge >= 0.3 is 0 Å². The average molecular weight is 255 g/mol. The van der Waals surface area contributed by atoms with Gasteiger partial charge in [0.1, 0.15) is 11.6 Å². The van der Waals surface area contributed by atoms with Crippen LogP contribution in [0.1, 0.15) is 11.1 Å². The monoisotopic (exact) mass is 255 g/mol. The molecule has 0 amide bonds. The van der Waals surface area contributed by atoms with E-state index in [1.165, 1.54) is 6.07 Å². The number of phenols is 1. The Bertz CT molecular complexity index is 718. The van der Waals surface area contributed by atoms with Crippen LogP contribution in [-0.2, 0) is 12.8 Å². The summed E-state index contributed by atoms with van der Waals surface area (Å²) < 4.78 is 13.5. The first-order valence-electron chi connectivity index (χ1n) is 6.26. The number of hydrogen-bond donors (Lipinski definition) is 2. The summed E-state index contributed by atoms with van der Waals surface area (Å²) in [5.41, 5.74) is 2.60. The lowest BCUT2D eigenvalue weighted by molar-refractivity contribution is 0.481. The lowest BCUT2D eigenvalue weighted by Crippen LogP contribution is -1.94. The largest absolute Gasteiger partial charge is 0.507 e. The molecule has 3 rings (SSSR count). The van der Waals surface area contributed by atoms with Crippen LogP contribution < -0.4 is 0 Å². The predicted octanol–water partition coefficient (Wildman–Crippen LogP) is 3.80. The van der Waals surface area contributed by atoms with E-state index in [2.05, 4.69) is 4.98 Å². The highest BCUT2D eigenvalue weighted by atomic mass is 19.1. The van der Waals surface area contributed by atoms with E-state index in [4.69, 9.17) is 0 Å². The number of aromatic hydroxyl groups is 1. The van der Waals surface area contributed by atoms with Crippen molar-refractivity contribution in [2.75, 3.05) is 0 Å². The molecule has 2 N–H and O–H groups in total. The predicted molar refractivity (Wildman–Crippen MR) is 73.8 cm³/mol. The molecule has 0 radical (unpaired) electrons. The van der Waals surface area contributed by atoms with Crippen LogP contribution >= 0.6 is 0 Å². The van der Waals surface area contributed by atoms with Crippen LogP contribution in [0.2, 0.25) is 0 Å². The second kappa shape index (κ2) is 4.76. The SMILES string of the molecule is Oc1cc(CCc2ccccc2F)cc2[nH]ccc12. The van der Waals surface area contributed by atoms with Crippen molar-refractivity contribution in [1.29, 1.82) is 0 Å². The number of aryl methyl sites for hydroxylation is 2. The van der Waals surface area contributed by atoms with Gasteiger partial charge in [-0.2, -0.15) is 0 Å². The van der Waals surface area contributed by atoms with Crippen molar-refractivity contribution < 1.29 is 9.50 Å². The average Bonchev–Trinajstić information content (AvgIpc) is 2.87. The van der Waals surface area contributed by atoms with E-state index in [1.807, 2.05) is 18.2 Å². The number of rotatable bonds is 3. The standard InChI is InChI=1S/C16H14FNO/c17-14-4-2-1-3-12(14)6-5-11-9-15-13(7-8-18-15)16(19)10-11/h1-4,7-10,18-19H,5-6H2. The minimum absolute atomic E-state index is 0.173. The van der Waals surface area contributed by atoms with E-state index in [0.717, 1.165) is 16.5 Å². The van der Waals surface area contributed by atoms with Gasteiger partial charge in [0.15, 0.2) is 0 Å². The highest BCUT2D eigenvalue weighted by Gasteiger charge is 2.06. The molecule has 2 nitrogen and oxygen atoms in total. The van der Waals surface area contributed by atoms with Crippen LogP contribution in [0.5, 0.6) is 5.75 Å². The molecule has 0 aliphatic heterocycles. The molecular formula is C16H14FNO. The number of benzene rings is 2. The van der Waals surface area contributed by atoms with Crippen LogP contribution in [0.4, 0.5) is 4.39 Å². The summed E-state index contributed by atoms with van der Waals surface area (Å²) in [5, 5.41) is 10.7. The molecule has 3 heteroatoms. The summed E-state index contributed by atoms with van der Waals surface area (Å²) in [6.07, 6.45) is 3.12. The maximum absolute atomic E-state index is 13.5. The van der Waals surface area contributed by atoms with Gasteiger partial charge in [-0.15, -0.1) is 0 Å². The molecule has 1 aromatic heterocycles. The van der Waals surface area contributed by atoms with Crippen LogP contribution in [-0.4, -0.2) is 10.1 Å². The topological polar surface area (TPSA) is 36.0 Å². The van der Waals surface area contributed by atoms with Gasteiger partial charge in [-0.1, -0.05) is 18.2 Å². The second-order valence-electron chi connectivity index (χ2n) is 4.65. The van der Waals surface area contributed by atoms with Crippen LogP contribution in [0.25, 0.3) is 10.9 Å². The second-order valence-corrected chi connectivity index (χ2v) is 4.65. The summed E-state index contributed by atoms with van der Waals surface area (Å²) >= 11 is 0. The van der Waals surface area contributed by atoms with Crippen LogP contribution in [0.3, 0.4) is 0 Å². The molecule has 0 saturated heterocycles. The number of aromatic amines is 1. The van der Waals surface area contributed by atoms with Crippen LogP contribution in [0.15, 0.2) is 48.7 Å². The fourth-order valence-corrected chi connectivity index (χ4v) is 2.33. The maximum Gasteiger partial charge on any atom is 0.126 e. The van der Waals surface area contributed by atoms with Crippen molar-refractivity contribution in [3.05, 3.63) is 65.6 Å². The Hall–Kier alpha value is -2.29. The molecule has 0 fully saturated rings. The quantitative estimate of drug-likeness (QED) is 0.733. The zero-order valence-corrected chi connectivity index (χ0v) is 10.4. The number of hydrogen-bond acceptors (Lipinski definition) is 1. The van der Waals surface area contributed by atoms with Gasteiger partial charge in [0.2, 0.25) is 0 Å². The highest BCUT2D eigenvalue weighted by molar-refractivity contribution is 5.86. The lowest BCUT2D eigenvalue weighted by atomic mass is 10.0. The number of halogens is 1. The summed E-state index contributed by atoms with van der Waals surface area (Å²) in [5.74, 6) is 0.0926. The smallest absolute Gasteiger partial charge is 0.126 e. The van der Waals surface area contributed by atoms with Gasteiger partial charge in [0, 0.05) is 17.1 Å². The van der Waals surface area contributed by atoms with E-state index < -0.39 is 0 Å². The molecule has 0 aliphatic carbocycles. The van der Waals surface area contributed by atoms with Crippen molar-refractivity contribution in [2.45, 2.75) is 12.8 Å². The number of nitrogens with one attached hydrogen (secondary N) is 1. The van der Waals surface area contributed by atoms with Crippen molar-refractivity contribution in [2.24, 2.45) is 0 Å². The van der Waals surface area contributed by atoms with E-state index in [1.54, 1.807) is 24.4 Å². The van der Waals surface area contributed by atoms with Gasteiger partial charge in [0.05, 0.1) is 0 Å². The Morgan fingerprint density at radius 1 is 1.05 bits per heavy atom. The Labute approximate surface area is 110 Å². The molecule has 2 aromatic carbocycles. The van der Waals surface area contributed by atoms with Gasteiger partial charge in [0.25, 0.3) is 0 Å². The maximum atomic E-state index is 13.5. The van der Waals surface area contributed by atoms with E-state index in [-0.39, 0.29) is 11.6 Å². The zero-order valence-electron chi connectivity index (χ0n) is 10.4. The molecule has 0 saturated carbocycles. The molecule has 3 aromatic rings. The summed E-state index contributed by atoms with van der Waals surface area (Å²) in [4.78, 5) is 3.08. The molecule has 0 bridgehead atoms. The summed E-state index contributed by atoms with van der Waals surface area (Å²) in [6.45, 7) is 0. The highest BCUT2D eigenvalue weighted by Crippen LogP contribution is 2.26. The third-order valence-electron chi connectivity index (χ3n) is 3.35. The number of aromatic nitrogens is 1. The first kappa shape index (κ1) is 11.8. The first-order chi connectivity index (χ1) is 9.24. The molecule has 0 unspecified atom stereocenters. The van der Waals surface area contributed by atoms with E-state index in [9.17, 15) is 9.50 Å². The molecule has 0 spiro atoms. The minimum atomic E-state index is -0.173. The van der Waals surface area contributed by atoms with E-state index in [0.29, 0.717) is 18.4 Å². The number of fused-ring (bicyclic) bond motifs is 1. The molecule has 19 heavy (non-hydrogen) atoms. The van der Waals surface area contributed by atoms with Gasteiger partial charge in [-0.3, -0.25) is 0 Å². The minimum Gasteiger partial charge on any atom is -0.507 e. The Morgan fingerprint density at radius 3 is 2.74 bits per heavy atom. The van der Waals surface area contributed by atoms with Crippen molar-refractivity contribution >= 4 is 10.9 Å². The lowest BCUT2D eigenvalue weighted by Gasteiger charge is -2.05. The van der Waals surface area contributed by atoms with Gasteiger partial charge < -0.3 is 10.1 Å². The normalized spacial score (nSPS) is 11.0. The molecule has 0 atom stereocenters. The third kappa shape index (κ3) is 2.32. The number of H-pyrrole nitrogens is 1. The Balaban J connectivity index is 1.84. The first-order valence-corrected chi connectivity index (χ1v) is 6.26. The third-order valence-corrected chi connectivity index (χ3v) is 3.35. The van der Waals surface area contributed by atoms with Crippen LogP contribution in [0, 0.1) is 5.82 Å². The fourth-order valence-electron chi connectivity index (χ4n) is 2.33. The molecule has 0 aliphatic rings. The van der Waals surface area contributed by atoms with E-state index >= 15 is 0 Å². The van der Waals surface area contributed by atoms with Crippen molar-refractivity contribution in [3.8, 4) is 5.75 Å². The van der Waals surface area contributed by atoms with Crippen molar-refractivity contribution in [1.82, 2.24) is 4.98 Å².